The van der Waals surface area contributed by atoms with Crippen molar-refractivity contribution < 1.29 is 8.78 Å². The molecule has 1 heterocycles. The molecule has 0 saturated carbocycles. The molecule has 2 aromatic carbocycles. The predicted octanol–water partition coefficient (Wildman–Crippen LogP) is 3.34. The lowest BCUT2D eigenvalue weighted by Crippen LogP contribution is -2.16. The van der Waals surface area contributed by atoms with Crippen molar-refractivity contribution >= 4 is 12.2 Å². The van der Waals surface area contributed by atoms with Crippen molar-refractivity contribution in [1.82, 2.24) is 9.97 Å². The third-order valence-electron chi connectivity index (χ3n) is 3.73. The average molecular weight is 365 g/mol. The van der Waals surface area contributed by atoms with Gasteiger partial charge in [-0.25, -0.2) is 19.2 Å². The van der Waals surface area contributed by atoms with Crippen LogP contribution in [0, 0.1) is 29.9 Å². The highest BCUT2D eigenvalue weighted by molar-refractivity contribution is 5.80. The van der Waals surface area contributed by atoms with E-state index in [0.29, 0.717) is 5.56 Å². The highest BCUT2D eigenvalue weighted by Crippen LogP contribution is 2.19. The van der Waals surface area contributed by atoms with E-state index in [0.717, 1.165) is 12.3 Å². The first kappa shape index (κ1) is 17.9. The Hall–Kier alpha value is -3.86. The van der Waals surface area contributed by atoms with Crippen LogP contribution in [-0.2, 0) is 0 Å². The van der Waals surface area contributed by atoms with Gasteiger partial charge in [-0.3, -0.25) is 9.78 Å². The Morgan fingerprint density at radius 3 is 2.67 bits per heavy atom. The largest absolute Gasteiger partial charge is 0.290 e. The summed E-state index contributed by atoms with van der Waals surface area (Å²) in [6.07, 6.45) is 1.14. The normalized spacial score (nSPS) is 10.7. The SMILES string of the molecule is Cc1cc(C=NNc2nc(-c3ccccc3)c(C#N)c(=O)[nH]2)c(F)cc1F. The second kappa shape index (κ2) is 7.58. The number of aryl methyl sites for hydroxylation is 1. The first-order chi connectivity index (χ1) is 13.0. The Balaban J connectivity index is 1.93. The molecule has 3 rings (SSSR count). The summed E-state index contributed by atoms with van der Waals surface area (Å²) in [5, 5.41) is 13.0. The van der Waals surface area contributed by atoms with Crippen molar-refractivity contribution in [1.29, 1.82) is 5.26 Å². The molecule has 0 spiro atoms. The van der Waals surface area contributed by atoms with Crippen LogP contribution in [0.4, 0.5) is 14.7 Å². The topological polar surface area (TPSA) is 93.9 Å². The van der Waals surface area contributed by atoms with Gasteiger partial charge >= 0.3 is 0 Å². The molecule has 6 nitrogen and oxygen atoms in total. The maximum absolute atomic E-state index is 13.7. The van der Waals surface area contributed by atoms with Gasteiger partial charge in [0, 0.05) is 17.2 Å². The molecule has 0 bridgehead atoms. The van der Waals surface area contributed by atoms with Gasteiger partial charge in [-0.05, 0) is 18.6 Å². The summed E-state index contributed by atoms with van der Waals surface area (Å²) in [6.45, 7) is 1.51. The van der Waals surface area contributed by atoms with Crippen LogP contribution >= 0.6 is 0 Å². The first-order valence-electron chi connectivity index (χ1n) is 7.84. The van der Waals surface area contributed by atoms with Gasteiger partial charge in [-0.1, -0.05) is 30.3 Å². The Labute approximate surface area is 152 Å². The summed E-state index contributed by atoms with van der Waals surface area (Å²) in [5.74, 6) is -1.44. The van der Waals surface area contributed by atoms with Crippen LogP contribution in [-0.4, -0.2) is 16.2 Å². The van der Waals surface area contributed by atoms with Crippen LogP contribution < -0.4 is 11.0 Å². The van der Waals surface area contributed by atoms with E-state index in [4.69, 9.17) is 0 Å². The quantitative estimate of drug-likeness (QED) is 0.548. The van der Waals surface area contributed by atoms with Crippen LogP contribution in [0.25, 0.3) is 11.3 Å². The Morgan fingerprint density at radius 2 is 1.96 bits per heavy atom. The van der Waals surface area contributed by atoms with E-state index in [-0.39, 0.29) is 28.3 Å². The van der Waals surface area contributed by atoms with Gasteiger partial charge in [0.05, 0.1) is 11.9 Å². The second-order valence-electron chi connectivity index (χ2n) is 5.61. The number of benzene rings is 2. The van der Waals surface area contributed by atoms with Crippen molar-refractivity contribution in [2.75, 3.05) is 5.43 Å². The van der Waals surface area contributed by atoms with Crippen LogP contribution in [0.3, 0.4) is 0 Å². The Morgan fingerprint density at radius 1 is 1.22 bits per heavy atom. The number of nitriles is 1. The molecule has 0 fully saturated rings. The van der Waals surface area contributed by atoms with Crippen LogP contribution in [0.1, 0.15) is 16.7 Å². The number of hydrogen-bond acceptors (Lipinski definition) is 5. The van der Waals surface area contributed by atoms with Crippen molar-refractivity contribution in [3.05, 3.63) is 81.1 Å². The molecule has 3 aromatic rings. The molecule has 0 radical (unpaired) electrons. The number of hydrazone groups is 1. The van der Waals surface area contributed by atoms with Crippen molar-refractivity contribution in [2.45, 2.75) is 6.92 Å². The average Bonchev–Trinajstić information content (AvgIpc) is 2.66. The van der Waals surface area contributed by atoms with E-state index in [1.807, 2.05) is 6.07 Å². The highest BCUT2D eigenvalue weighted by atomic mass is 19.1. The summed E-state index contributed by atoms with van der Waals surface area (Å²) in [6, 6.07) is 12.6. The van der Waals surface area contributed by atoms with E-state index in [1.54, 1.807) is 30.3 Å². The van der Waals surface area contributed by atoms with Crippen LogP contribution in [0.15, 0.2) is 52.4 Å². The van der Waals surface area contributed by atoms with Crippen molar-refractivity contribution in [3.63, 3.8) is 0 Å². The van der Waals surface area contributed by atoms with Crippen LogP contribution in [0.2, 0.25) is 0 Å². The van der Waals surface area contributed by atoms with Gasteiger partial charge in [0.1, 0.15) is 23.3 Å². The molecule has 0 atom stereocenters. The van der Waals surface area contributed by atoms with E-state index < -0.39 is 17.2 Å². The molecule has 0 aliphatic heterocycles. The van der Waals surface area contributed by atoms with Crippen molar-refractivity contribution in [3.8, 4) is 17.3 Å². The maximum Gasteiger partial charge on any atom is 0.270 e. The number of nitrogens with zero attached hydrogens (tertiary/aromatic N) is 3. The van der Waals surface area contributed by atoms with E-state index in [9.17, 15) is 18.8 Å². The Bertz CT molecular complexity index is 1120. The molecular formula is C19H13F2N5O. The fourth-order valence-electron chi connectivity index (χ4n) is 2.38. The zero-order valence-corrected chi connectivity index (χ0v) is 14.1. The highest BCUT2D eigenvalue weighted by Gasteiger charge is 2.13. The lowest BCUT2D eigenvalue weighted by Gasteiger charge is -2.06. The predicted molar refractivity (Wildman–Crippen MR) is 97.3 cm³/mol. The molecular weight excluding hydrogens is 352 g/mol. The minimum Gasteiger partial charge on any atom is -0.290 e. The zero-order chi connectivity index (χ0) is 19.4. The lowest BCUT2D eigenvalue weighted by atomic mass is 10.1. The Kier molecular flexibility index (Phi) is 5.04. The van der Waals surface area contributed by atoms with Gasteiger partial charge in [0.25, 0.3) is 5.56 Å². The molecule has 0 aliphatic carbocycles. The summed E-state index contributed by atoms with van der Waals surface area (Å²) in [4.78, 5) is 18.7. The minimum atomic E-state index is -0.769. The molecule has 27 heavy (non-hydrogen) atoms. The van der Waals surface area contributed by atoms with Gasteiger partial charge in [0.2, 0.25) is 5.95 Å². The van der Waals surface area contributed by atoms with E-state index in [1.165, 1.54) is 13.0 Å². The van der Waals surface area contributed by atoms with E-state index in [2.05, 4.69) is 20.5 Å². The second-order valence-corrected chi connectivity index (χ2v) is 5.61. The van der Waals surface area contributed by atoms with Gasteiger partial charge < -0.3 is 0 Å². The third kappa shape index (κ3) is 3.88. The number of aromatic amines is 1. The molecule has 0 unspecified atom stereocenters. The standard InChI is InChI=1S/C19H13F2N5O/c1-11-7-13(16(21)8-15(11)20)10-23-26-19-24-17(12-5-3-2-4-6-12)14(9-22)18(27)25-19/h2-8,10H,1H3,(H2,24,25,26,27). The third-order valence-corrected chi connectivity index (χ3v) is 3.73. The molecule has 0 amide bonds. The van der Waals surface area contributed by atoms with E-state index >= 15 is 0 Å². The summed E-state index contributed by atoms with van der Waals surface area (Å²) >= 11 is 0. The molecule has 0 saturated heterocycles. The number of aromatic nitrogens is 2. The fraction of sp³-hybridized carbons (Fsp3) is 0.0526. The molecule has 134 valence electrons. The number of nitrogens with one attached hydrogen (secondary N) is 2. The monoisotopic (exact) mass is 365 g/mol. The zero-order valence-electron chi connectivity index (χ0n) is 14.1. The van der Waals surface area contributed by atoms with Crippen LogP contribution in [0.5, 0.6) is 0 Å². The summed E-state index contributed by atoms with van der Waals surface area (Å²) < 4.78 is 27.0. The fourth-order valence-corrected chi connectivity index (χ4v) is 2.38. The number of hydrogen-bond donors (Lipinski definition) is 2. The van der Waals surface area contributed by atoms with Gasteiger partial charge in [-0.15, -0.1) is 0 Å². The first-order valence-corrected chi connectivity index (χ1v) is 7.84. The molecule has 1 aromatic heterocycles. The van der Waals surface area contributed by atoms with Gasteiger partial charge in [-0.2, -0.15) is 10.4 Å². The molecule has 2 N–H and O–H groups in total. The molecule has 0 aliphatic rings. The number of rotatable bonds is 4. The van der Waals surface area contributed by atoms with Crippen molar-refractivity contribution in [2.24, 2.45) is 5.10 Å². The molecule has 8 heteroatoms. The smallest absolute Gasteiger partial charge is 0.270 e. The lowest BCUT2D eigenvalue weighted by molar-refractivity contribution is 0.576. The number of halogens is 2. The van der Waals surface area contributed by atoms with Gasteiger partial charge in [0.15, 0.2) is 0 Å². The number of anilines is 1. The summed E-state index contributed by atoms with van der Waals surface area (Å²) in [5.41, 5.74) is 2.86. The maximum atomic E-state index is 13.7. The number of H-pyrrole nitrogens is 1. The summed E-state index contributed by atoms with van der Waals surface area (Å²) in [7, 11) is 0. The minimum absolute atomic E-state index is 0.0201.